The van der Waals surface area contributed by atoms with Crippen molar-refractivity contribution in [3.63, 3.8) is 0 Å². The number of allylic oxidation sites excluding steroid dienone is 1. The molecule has 2 rings (SSSR count). The minimum atomic E-state index is -0.386. The molecule has 0 amide bonds. The van der Waals surface area contributed by atoms with Crippen molar-refractivity contribution in [2.24, 2.45) is 5.92 Å². The molecular weight excluding hydrogens is 112 g/mol. The zero-order valence-electron chi connectivity index (χ0n) is 5.51. The SMILES string of the molecule is OC12C=CC(CCC1)C2. The van der Waals surface area contributed by atoms with Gasteiger partial charge in [0.15, 0.2) is 0 Å². The first kappa shape index (κ1) is 5.48. The Morgan fingerprint density at radius 3 is 3.11 bits per heavy atom. The maximum atomic E-state index is 9.63. The highest BCUT2D eigenvalue weighted by atomic mass is 16.3. The van der Waals surface area contributed by atoms with Crippen LogP contribution in [-0.4, -0.2) is 10.7 Å². The molecule has 0 saturated heterocycles. The molecular formula is C8H12O. The summed E-state index contributed by atoms with van der Waals surface area (Å²) in [7, 11) is 0. The molecule has 1 N–H and O–H groups in total. The van der Waals surface area contributed by atoms with Crippen molar-refractivity contribution in [1.82, 2.24) is 0 Å². The Morgan fingerprint density at radius 2 is 2.44 bits per heavy atom. The Labute approximate surface area is 55.4 Å². The first-order valence-corrected chi connectivity index (χ1v) is 3.70. The Balaban J connectivity index is 2.22. The molecule has 1 fully saturated rings. The normalized spacial score (nSPS) is 47.9. The van der Waals surface area contributed by atoms with E-state index in [0.29, 0.717) is 5.92 Å². The third-order valence-corrected chi connectivity index (χ3v) is 2.48. The van der Waals surface area contributed by atoms with Crippen molar-refractivity contribution in [2.75, 3.05) is 0 Å². The molecule has 9 heavy (non-hydrogen) atoms. The molecule has 0 radical (unpaired) electrons. The van der Waals surface area contributed by atoms with Crippen molar-refractivity contribution < 1.29 is 5.11 Å². The highest BCUT2D eigenvalue weighted by Crippen LogP contribution is 2.39. The molecule has 1 saturated carbocycles. The van der Waals surface area contributed by atoms with Crippen LogP contribution in [0.3, 0.4) is 0 Å². The van der Waals surface area contributed by atoms with E-state index in [4.69, 9.17) is 0 Å². The molecule has 2 unspecified atom stereocenters. The second kappa shape index (κ2) is 1.60. The van der Waals surface area contributed by atoms with E-state index in [9.17, 15) is 5.11 Å². The molecule has 2 aliphatic rings. The summed E-state index contributed by atoms with van der Waals surface area (Å²) < 4.78 is 0. The van der Waals surface area contributed by atoms with Crippen molar-refractivity contribution in [3.8, 4) is 0 Å². The minimum Gasteiger partial charge on any atom is -0.386 e. The smallest absolute Gasteiger partial charge is 0.0833 e. The van der Waals surface area contributed by atoms with Crippen LogP contribution in [0, 0.1) is 5.92 Å². The van der Waals surface area contributed by atoms with E-state index in [-0.39, 0.29) is 5.60 Å². The average Bonchev–Trinajstić information content (AvgIpc) is 2.07. The summed E-state index contributed by atoms with van der Waals surface area (Å²) in [5.74, 6) is 0.698. The third-order valence-electron chi connectivity index (χ3n) is 2.48. The number of hydrogen-bond donors (Lipinski definition) is 1. The van der Waals surface area contributed by atoms with Gasteiger partial charge in [-0.2, -0.15) is 0 Å². The lowest BCUT2D eigenvalue weighted by Crippen LogP contribution is -2.27. The van der Waals surface area contributed by atoms with Crippen molar-refractivity contribution in [3.05, 3.63) is 12.2 Å². The highest BCUT2D eigenvalue weighted by Gasteiger charge is 2.35. The van der Waals surface area contributed by atoms with E-state index in [0.717, 1.165) is 12.8 Å². The number of fused-ring (bicyclic) bond motifs is 2. The lowest BCUT2D eigenvalue weighted by Gasteiger charge is -2.26. The van der Waals surface area contributed by atoms with Crippen molar-refractivity contribution in [2.45, 2.75) is 31.3 Å². The van der Waals surface area contributed by atoms with Gasteiger partial charge in [0.25, 0.3) is 0 Å². The molecule has 0 aliphatic heterocycles. The second-order valence-electron chi connectivity index (χ2n) is 3.32. The lowest BCUT2D eigenvalue weighted by atomic mass is 9.85. The van der Waals surface area contributed by atoms with Gasteiger partial charge >= 0.3 is 0 Å². The molecule has 2 atom stereocenters. The average molecular weight is 124 g/mol. The fourth-order valence-electron chi connectivity index (χ4n) is 1.96. The molecule has 0 spiro atoms. The van der Waals surface area contributed by atoms with Gasteiger partial charge in [-0.05, 0) is 31.6 Å². The fourth-order valence-corrected chi connectivity index (χ4v) is 1.96. The summed E-state index contributed by atoms with van der Waals surface area (Å²) in [6.45, 7) is 0. The van der Waals surface area contributed by atoms with Crippen LogP contribution in [0.2, 0.25) is 0 Å². The van der Waals surface area contributed by atoms with Crippen LogP contribution < -0.4 is 0 Å². The monoisotopic (exact) mass is 124 g/mol. The van der Waals surface area contributed by atoms with Gasteiger partial charge in [0.1, 0.15) is 0 Å². The van der Waals surface area contributed by atoms with Crippen LogP contribution in [0.1, 0.15) is 25.7 Å². The summed E-state index contributed by atoms with van der Waals surface area (Å²) in [4.78, 5) is 0. The van der Waals surface area contributed by atoms with Gasteiger partial charge in [-0.15, -0.1) is 0 Å². The van der Waals surface area contributed by atoms with Crippen molar-refractivity contribution >= 4 is 0 Å². The Morgan fingerprint density at radius 1 is 1.56 bits per heavy atom. The van der Waals surface area contributed by atoms with Gasteiger partial charge < -0.3 is 5.11 Å². The topological polar surface area (TPSA) is 20.2 Å². The highest BCUT2D eigenvalue weighted by molar-refractivity contribution is 5.14. The Hall–Kier alpha value is -0.300. The van der Waals surface area contributed by atoms with E-state index < -0.39 is 0 Å². The molecule has 1 heteroatoms. The molecule has 2 bridgehead atoms. The quantitative estimate of drug-likeness (QED) is 0.485. The number of aliphatic hydroxyl groups is 1. The van der Waals surface area contributed by atoms with Gasteiger partial charge in [-0.1, -0.05) is 12.2 Å². The van der Waals surface area contributed by atoms with Crippen LogP contribution in [0.4, 0.5) is 0 Å². The molecule has 0 aromatic rings. The van der Waals surface area contributed by atoms with Gasteiger partial charge in [-0.25, -0.2) is 0 Å². The number of hydrogen-bond acceptors (Lipinski definition) is 1. The van der Waals surface area contributed by atoms with Gasteiger partial charge in [0.05, 0.1) is 5.60 Å². The molecule has 0 aromatic heterocycles. The largest absolute Gasteiger partial charge is 0.386 e. The Kier molecular flexibility index (Phi) is 0.974. The first-order chi connectivity index (χ1) is 4.29. The van der Waals surface area contributed by atoms with Crippen LogP contribution in [0.15, 0.2) is 12.2 Å². The van der Waals surface area contributed by atoms with E-state index >= 15 is 0 Å². The van der Waals surface area contributed by atoms with Gasteiger partial charge in [0.2, 0.25) is 0 Å². The molecule has 1 nitrogen and oxygen atoms in total. The molecule has 0 heterocycles. The molecule has 0 aromatic carbocycles. The van der Waals surface area contributed by atoms with Crippen LogP contribution in [0.5, 0.6) is 0 Å². The standard InChI is InChI=1S/C8H12O/c9-8-4-1-2-7(6-8)3-5-8/h3,5,7,9H,1-2,4,6H2. The third kappa shape index (κ3) is 0.799. The predicted molar refractivity (Wildman–Crippen MR) is 36.0 cm³/mol. The summed E-state index contributed by atoms with van der Waals surface area (Å²) >= 11 is 0. The Bertz CT molecular complexity index is 151. The van der Waals surface area contributed by atoms with Crippen LogP contribution in [-0.2, 0) is 0 Å². The van der Waals surface area contributed by atoms with E-state index in [1.807, 2.05) is 6.08 Å². The summed E-state index contributed by atoms with van der Waals surface area (Å²) in [5.41, 5.74) is -0.386. The molecule has 2 aliphatic carbocycles. The number of rotatable bonds is 0. The zero-order chi connectivity index (χ0) is 6.32. The van der Waals surface area contributed by atoms with E-state index in [1.54, 1.807) is 0 Å². The van der Waals surface area contributed by atoms with Crippen LogP contribution in [0.25, 0.3) is 0 Å². The van der Waals surface area contributed by atoms with E-state index in [1.165, 1.54) is 12.8 Å². The lowest BCUT2D eigenvalue weighted by molar-refractivity contribution is 0.0508. The summed E-state index contributed by atoms with van der Waals surface area (Å²) in [5, 5.41) is 9.63. The zero-order valence-corrected chi connectivity index (χ0v) is 5.51. The summed E-state index contributed by atoms with van der Waals surface area (Å²) in [6, 6.07) is 0. The fraction of sp³-hybridized carbons (Fsp3) is 0.750. The second-order valence-corrected chi connectivity index (χ2v) is 3.32. The maximum absolute atomic E-state index is 9.63. The molecule has 50 valence electrons. The van der Waals surface area contributed by atoms with Crippen LogP contribution >= 0.6 is 0 Å². The first-order valence-electron chi connectivity index (χ1n) is 3.70. The van der Waals surface area contributed by atoms with Gasteiger partial charge in [0, 0.05) is 0 Å². The predicted octanol–water partition coefficient (Wildman–Crippen LogP) is 1.48. The van der Waals surface area contributed by atoms with E-state index in [2.05, 4.69) is 6.08 Å². The van der Waals surface area contributed by atoms with Crippen molar-refractivity contribution in [1.29, 1.82) is 0 Å². The maximum Gasteiger partial charge on any atom is 0.0833 e. The minimum absolute atomic E-state index is 0.386. The summed E-state index contributed by atoms with van der Waals surface area (Å²) in [6.07, 6.45) is 8.64. The van der Waals surface area contributed by atoms with Gasteiger partial charge in [-0.3, -0.25) is 0 Å².